The molecule has 0 spiro atoms. The molecule has 0 aromatic heterocycles. The SMILES string of the molecule is CC(C)N1CCC(CC(=O)NCC2OCCc3ccccc32)CC1. The van der Waals surface area contributed by atoms with Gasteiger partial charge in [-0.05, 0) is 63.2 Å². The number of amides is 1. The molecule has 4 nitrogen and oxygen atoms in total. The van der Waals surface area contributed by atoms with Crippen LogP contribution >= 0.6 is 0 Å². The third kappa shape index (κ3) is 4.37. The van der Waals surface area contributed by atoms with Gasteiger partial charge in [0.2, 0.25) is 5.91 Å². The third-order valence-electron chi connectivity index (χ3n) is 5.43. The first-order valence-corrected chi connectivity index (χ1v) is 9.33. The standard InChI is InChI=1S/C20H30N2O2/c1-15(2)22-10-7-16(8-11-22)13-20(23)21-14-19-18-6-4-3-5-17(18)9-12-24-19/h3-6,15-16,19H,7-14H2,1-2H3,(H,21,23). The van der Waals surface area contributed by atoms with Crippen LogP contribution in [0.25, 0.3) is 0 Å². The van der Waals surface area contributed by atoms with Crippen molar-refractivity contribution in [2.75, 3.05) is 26.2 Å². The molecule has 0 radical (unpaired) electrons. The minimum Gasteiger partial charge on any atom is -0.371 e. The van der Waals surface area contributed by atoms with Crippen molar-refractivity contribution < 1.29 is 9.53 Å². The molecular weight excluding hydrogens is 300 g/mol. The number of carbonyl (C=O) groups is 1. The Balaban J connectivity index is 1.44. The number of ether oxygens (including phenoxy) is 1. The van der Waals surface area contributed by atoms with E-state index < -0.39 is 0 Å². The highest BCUT2D eigenvalue weighted by atomic mass is 16.5. The van der Waals surface area contributed by atoms with Crippen LogP contribution in [0.15, 0.2) is 24.3 Å². The zero-order chi connectivity index (χ0) is 16.9. The molecule has 0 bridgehead atoms. The van der Waals surface area contributed by atoms with Gasteiger partial charge in [0.05, 0.1) is 6.61 Å². The van der Waals surface area contributed by atoms with Gasteiger partial charge in [-0.25, -0.2) is 0 Å². The summed E-state index contributed by atoms with van der Waals surface area (Å²) in [4.78, 5) is 14.8. The van der Waals surface area contributed by atoms with Crippen molar-refractivity contribution >= 4 is 5.91 Å². The quantitative estimate of drug-likeness (QED) is 0.902. The lowest BCUT2D eigenvalue weighted by atomic mass is 9.92. The summed E-state index contributed by atoms with van der Waals surface area (Å²) in [6.07, 6.45) is 3.89. The number of carbonyl (C=O) groups excluding carboxylic acids is 1. The van der Waals surface area contributed by atoms with Crippen LogP contribution in [0, 0.1) is 5.92 Å². The summed E-state index contributed by atoms with van der Waals surface area (Å²) in [6.45, 7) is 8.06. The lowest BCUT2D eigenvalue weighted by molar-refractivity contribution is -0.123. The van der Waals surface area contributed by atoms with E-state index in [-0.39, 0.29) is 12.0 Å². The van der Waals surface area contributed by atoms with Crippen LogP contribution in [0.2, 0.25) is 0 Å². The number of hydrogen-bond donors (Lipinski definition) is 1. The molecule has 0 saturated carbocycles. The first-order chi connectivity index (χ1) is 11.6. The molecule has 0 aliphatic carbocycles. The van der Waals surface area contributed by atoms with Gasteiger partial charge in [0.1, 0.15) is 6.10 Å². The van der Waals surface area contributed by atoms with Gasteiger partial charge < -0.3 is 15.0 Å². The predicted octanol–water partition coefficient (Wildman–Crippen LogP) is 2.93. The fourth-order valence-electron chi connectivity index (χ4n) is 3.86. The molecule has 1 saturated heterocycles. The number of nitrogens with zero attached hydrogens (tertiary/aromatic N) is 1. The molecule has 2 aliphatic heterocycles. The monoisotopic (exact) mass is 330 g/mol. The first kappa shape index (κ1) is 17.4. The van der Waals surface area contributed by atoms with Crippen molar-refractivity contribution in [3.63, 3.8) is 0 Å². The van der Waals surface area contributed by atoms with E-state index in [9.17, 15) is 4.79 Å². The van der Waals surface area contributed by atoms with E-state index in [1.807, 2.05) is 6.07 Å². The first-order valence-electron chi connectivity index (χ1n) is 9.33. The van der Waals surface area contributed by atoms with Gasteiger partial charge >= 0.3 is 0 Å². The van der Waals surface area contributed by atoms with E-state index in [0.29, 0.717) is 24.9 Å². The zero-order valence-electron chi connectivity index (χ0n) is 15.0. The van der Waals surface area contributed by atoms with Crippen LogP contribution in [0.4, 0.5) is 0 Å². The summed E-state index contributed by atoms with van der Waals surface area (Å²) in [6, 6.07) is 9.01. The van der Waals surface area contributed by atoms with Gasteiger partial charge in [0.15, 0.2) is 0 Å². The maximum atomic E-state index is 12.3. The minimum absolute atomic E-state index is 0.00156. The van der Waals surface area contributed by atoms with Crippen molar-refractivity contribution in [3.05, 3.63) is 35.4 Å². The van der Waals surface area contributed by atoms with Crippen molar-refractivity contribution in [1.82, 2.24) is 10.2 Å². The number of hydrogen-bond acceptors (Lipinski definition) is 3. The predicted molar refractivity (Wildman–Crippen MR) is 95.9 cm³/mol. The van der Waals surface area contributed by atoms with E-state index in [1.165, 1.54) is 11.1 Å². The second-order valence-corrected chi connectivity index (χ2v) is 7.39. The fourth-order valence-corrected chi connectivity index (χ4v) is 3.86. The number of nitrogens with one attached hydrogen (secondary N) is 1. The van der Waals surface area contributed by atoms with Gasteiger partial charge in [-0.3, -0.25) is 4.79 Å². The average Bonchev–Trinajstić information content (AvgIpc) is 2.60. The molecule has 2 heterocycles. The average molecular weight is 330 g/mol. The Hall–Kier alpha value is -1.39. The number of rotatable bonds is 5. The van der Waals surface area contributed by atoms with Crippen LogP contribution in [0.3, 0.4) is 0 Å². The molecule has 24 heavy (non-hydrogen) atoms. The smallest absolute Gasteiger partial charge is 0.220 e. The van der Waals surface area contributed by atoms with E-state index in [4.69, 9.17) is 4.74 Å². The van der Waals surface area contributed by atoms with E-state index >= 15 is 0 Å². The Labute approximate surface area is 145 Å². The van der Waals surface area contributed by atoms with Crippen LogP contribution < -0.4 is 5.32 Å². The Morgan fingerprint density at radius 2 is 2.04 bits per heavy atom. The van der Waals surface area contributed by atoms with Gasteiger partial charge in [-0.15, -0.1) is 0 Å². The second-order valence-electron chi connectivity index (χ2n) is 7.39. The Bertz CT molecular complexity index is 550. The normalized spacial score (nSPS) is 22.4. The molecular formula is C20H30N2O2. The highest BCUT2D eigenvalue weighted by molar-refractivity contribution is 5.76. The van der Waals surface area contributed by atoms with Crippen LogP contribution in [0.5, 0.6) is 0 Å². The number of fused-ring (bicyclic) bond motifs is 1. The Morgan fingerprint density at radius 1 is 1.29 bits per heavy atom. The summed E-state index contributed by atoms with van der Waals surface area (Å²) in [7, 11) is 0. The van der Waals surface area contributed by atoms with Gasteiger partial charge in [0.25, 0.3) is 0 Å². The van der Waals surface area contributed by atoms with Crippen LogP contribution in [0.1, 0.15) is 50.3 Å². The molecule has 1 fully saturated rings. The van der Waals surface area contributed by atoms with E-state index in [2.05, 4.69) is 42.3 Å². The molecule has 4 heteroatoms. The Kier molecular flexibility index (Phi) is 5.90. The van der Waals surface area contributed by atoms with Crippen molar-refractivity contribution in [1.29, 1.82) is 0 Å². The molecule has 1 unspecified atom stereocenters. The van der Waals surface area contributed by atoms with Crippen molar-refractivity contribution in [2.45, 2.75) is 51.7 Å². The highest BCUT2D eigenvalue weighted by Gasteiger charge is 2.24. The number of piperidine rings is 1. The van der Waals surface area contributed by atoms with Crippen molar-refractivity contribution in [3.8, 4) is 0 Å². The Morgan fingerprint density at radius 3 is 2.79 bits per heavy atom. The maximum absolute atomic E-state index is 12.3. The molecule has 1 aromatic carbocycles. The number of likely N-dealkylation sites (tertiary alicyclic amines) is 1. The van der Waals surface area contributed by atoms with E-state index in [0.717, 1.165) is 39.0 Å². The molecule has 1 atom stereocenters. The lowest BCUT2D eigenvalue weighted by Gasteiger charge is -2.34. The van der Waals surface area contributed by atoms with Crippen LogP contribution in [-0.4, -0.2) is 43.1 Å². The summed E-state index contributed by atoms with van der Waals surface area (Å²) in [5.74, 6) is 0.698. The molecule has 1 amide bonds. The highest BCUT2D eigenvalue weighted by Crippen LogP contribution is 2.26. The minimum atomic E-state index is 0.00156. The summed E-state index contributed by atoms with van der Waals surface area (Å²) < 4.78 is 5.86. The maximum Gasteiger partial charge on any atom is 0.220 e. The van der Waals surface area contributed by atoms with Crippen molar-refractivity contribution in [2.24, 2.45) is 5.92 Å². The van der Waals surface area contributed by atoms with Gasteiger partial charge in [-0.2, -0.15) is 0 Å². The summed E-state index contributed by atoms with van der Waals surface area (Å²) >= 11 is 0. The summed E-state index contributed by atoms with van der Waals surface area (Å²) in [5.41, 5.74) is 2.58. The lowest BCUT2D eigenvalue weighted by Crippen LogP contribution is -2.40. The fraction of sp³-hybridized carbons (Fsp3) is 0.650. The zero-order valence-corrected chi connectivity index (χ0v) is 15.0. The number of benzene rings is 1. The molecule has 1 N–H and O–H groups in total. The molecule has 2 aliphatic rings. The van der Waals surface area contributed by atoms with Crippen LogP contribution in [-0.2, 0) is 16.0 Å². The third-order valence-corrected chi connectivity index (χ3v) is 5.43. The van der Waals surface area contributed by atoms with Gasteiger partial charge in [0, 0.05) is 19.0 Å². The molecule has 3 rings (SSSR count). The second kappa shape index (κ2) is 8.13. The molecule has 132 valence electrons. The largest absolute Gasteiger partial charge is 0.371 e. The molecule has 1 aromatic rings. The van der Waals surface area contributed by atoms with Gasteiger partial charge in [-0.1, -0.05) is 24.3 Å². The summed E-state index contributed by atoms with van der Waals surface area (Å²) in [5, 5.41) is 3.10. The van der Waals surface area contributed by atoms with E-state index in [1.54, 1.807) is 0 Å². The topological polar surface area (TPSA) is 41.6 Å².